The van der Waals surface area contributed by atoms with Crippen LogP contribution in [0.25, 0.3) is 0 Å². The molecule has 0 amide bonds. The second kappa shape index (κ2) is 6.48. The Bertz CT molecular complexity index is 493. The highest BCUT2D eigenvalue weighted by molar-refractivity contribution is 5.18. The zero-order valence-electron chi connectivity index (χ0n) is 11.8. The SMILES string of the molecule is Cc1noc(CNC(CC(C)C)c2ccccc2)n1. The largest absolute Gasteiger partial charge is 0.338 e. The highest BCUT2D eigenvalue weighted by Crippen LogP contribution is 2.21. The van der Waals surface area contributed by atoms with Crippen molar-refractivity contribution < 1.29 is 4.52 Å². The Morgan fingerprint density at radius 3 is 2.53 bits per heavy atom. The lowest BCUT2D eigenvalue weighted by atomic mass is 9.97. The van der Waals surface area contributed by atoms with Crippen molar-refractivity contribution in [1.82, 2.24) is 15.5 Å². The van der Waals surface area contributed by atoms with Crippen LogP contribution in [-0.4, -0.2) is 10.1 Å². The van der Waals surface area contributed by atoms with Gasteiger partial charge in [-0.15, -0.1) is 0 Å². The van der Waals surface area contributed by atoms with Gasteiger partial charge in [0.25, 0.3) is 0 Å². The van der Waals surface area contributed by atoms with Crippen LogP contribution in [0.1, 0.15) is 43.6 Å². The van der Waals surface area contributed by atoms with Crippen LogP contribution in [0, 0.1) is 12.8 Å². The average Bonchev–Trinajstić information content (AvgIpc) is 2.81. The van der Waals surface area contributed by atoms with Crippen molar-refractivity contribution >= 4 is 0 Å². The normalized spacial score (nSPS) is 12.8. The Kier molecular flexibility index (Phi) is 4.68. The van der Waals surface area contributed by atoms with Crippen LogP contribution >= 0.6 is 0 Å². The van der Waals surface area contributed by atoms with Gasteiger partial charge in [-0.2, -0.15) is 4.98 Å². The first-order valence-corrected chi connectivity index (χ1v) is 6.72. The number of hydrogen-bond donors (Lipinski definition) is 1. The molecule has 0 saturated heterocycles. The molecule has 1 aromatic carbocycles. The summed E-state index contributed by atoms with van der Waals surface area (Å²) < 4.78 is 5.13. The highest BCUT2D eigenvalue weighted by atomic mass is 16.5. The predicted octanol–water partition coefficient (Wildman–Crippen LogP) is 3.26. The Labute approximate surface area is 114 Å². The van der Waals surface area contributed by atoms with E-state index in [4.69, 9.17) is 4.52 Å². The Hall–Kier alpha value is -1.68. The Morgan fingerprint density at radius 2 is 1.95 bits per heavy atom. The second-order valence-electron chi connectivity index (χ2n) is 5.21. The van der Waals surface area contributed by atoms with E-state index in [1.807, 2.05) is 13.0 Å². The van der Waals surface area contributed by atoms with E-state index in [1.165, 1.54) is 5.56 Å². The summed E-state index contributed by atoms with van der Waals surface area (Å²) in [6.45, 7) is 6.89. The van der Waals surface area contributed by atoms with Gasteiger partial charge in [-0.1, -0.05) is 49.3 Å². The van der Waals surface area contributed by atoms with Crippen molar-refractivity contribution in [2.24, 2.45) is 5.92 Å². The van der Waals surface area contributed by atoms with E-state index in [-0.39, 0.29) is 0 Å². The summed E-state index contributed by atoms with van der Waals surface area (Å²) in [5.41, 5.74) is 1.30. The number of aryl methyl sites for hydroxylation is 1. The first-order chi connectivity index (χ1) is 9.15. The van der Waals surface area contributed by atoms with Gasteiger partial charge in [0.05, 0.1) is 6.54 Å². The molecule has 0 spiro atoms. The van der Waals surface area contributed by atoms with E-state index < -0.39 is 0 Å². The maximum absolute atomic E-state index is 5.13. The Balaban J connectivity index is 2.02. The van der Waals surface area contributed by atoms with E-state index in [1.54, 1.807) is 0 Å². The molecule has 0 saturated carbocycles. The van der Waals surface area contributed by atoms with E-state index in [2.05, 4.69) is 53.6 Å². The van der Waals surface area contributed by atoms with Crippen LogP contribution in [0.5, 0.6) is 0 Å². The maximum atomic E-state index is 5.13. The van der Waals surface area contributed by atoms with Gasteiger partial charge in [0.15, 0.2) is 5.82 Å². The summed E-state index contributed by atoms with van der Waals surface area (Å²) in [5.74, 6) is 1.95. The van der Waals surface area contributed by atoms with Crippen LogP contribution in [0.15, 0.2) is 34.9 Å². The first-order valence-electron chi connectivity index (χ1n) is 6.72. The molecule has 0 aliphatic rings. The molecule has 0 radical (unpaired) electrons. The third-order valence-electron chi connectivity index (χ3n) is 2.98. The van der Waals surface area contributed by atoms with Gasteiger partial charge in [-0.3, -0.25) is 0 Å². The van der Waals surface area contributed by atoms with Crippen molar-refractivity contribution in [3.05, 3.63) is 47.6 Å². The quantitative estimate of drug-likeness (QED) is 0.865. The average molecular weight is 259 g/mol. The smallest absolute Gasteiger partial charge is 0.240 e. The van der Waals surface area contributed by atoms with Crippen molar-refractivity contribution in [2.75, 3.05) is 0 Å². The minimum atomic E-state index is 0.313. The molecule has 1 N–H and O–H groups in total. The lowest BCUT2D eigenvalue weighted by molar-refractivity contribution is 0.343. The zero-order valence-corrected chi connectivity index (χ0v) is 11.8. The molecular weight excluding hydrogens is 238 g/mol. The maximum Gasteiger partial charge on any atom is 0.240 e. The van der Waals surface area contributed by atoms with E-state index in [0.717, 1.165) is 6.42 Å². The highest BCUT2D eigenvalue weighted by Gasteiger charge is 2.14. The fraction of sp³-hybridized carbons (Fsp3) is 0.467. The van der Waals surface area contributed by atoms with Gasteiger partial charge >= 0.3 is 0 Å². The molecule has 4 heteroatoms. The fourth-order valence-electron chi connectivity index (χ4n) is 2.12. The summed E-state index contributed by atoms with van der Waals surface area (Å²) in [6, 6.07) is 10.8. The zero-order chi connectivity index (χ0) is 13.7. The molecule has 102 valence electrons. The molecule has 2 rings (SSSR count). The van der Waals surface area contributed by atoms with Gasteiger partial charge in [-0.25, -0.2) is 0 Å². The molecule has 0 aliphatic carbocycles. The van der Waals surface area contributed by atoms with Crippen molar-refractivity contribution in [1.29, 1.82) is 0 Å². The number of aromatic nitrogens is 2. The fourth-order valence-corrected chi connectivity index (χ4v) is 2.12. The molecular formula is C15H21N3O. The van der Waals surface area contributed by atoms with Crippen molar-refractivity contribution in [3.8, 4) is 0 Å². The minimum Gasteiger partial charge on any atom is -0.338 e. The lowest BCUT2D eigenvalue weighted by Gasteiger charge is -2.20. The molecule has 0 bridgehead atoms. The van der Waals surface area contributed by atoms with E-state index in [0.29, 0.717) is 30.2 Å². The summed E-state index contributed by atoms with van der Waals surface area (Å²) in [7, 11) is 0. The Morgan fingerprint density at radius 1 is 1.21 bits per heavy atom. The van der Waals surface area contributed by atoms with Gasteiger partial charge in [0.2, 0.25) is 5.89 Å². The van der Waals surface area contributed by atoms with Crippen LogP contribution in [0.3, 0.4) is 0 Å². The monoisotopic (exact) mass is 259 g/mol. The molecule has 4 nitrogen and oxygen atoms in total. The van der Waals surface area contributed by atoms with Gasteiger partial charge in [0, 0.05) is 6.04 Å². The molecule has 1 unspecified atom stereocenters. The van der Waals surface area contributed by atoms with Crippen molar-refractivity contribution in [2.45, 2.75) is 39.8 Å². The van der Waals surface area contributed by atoms with Crippen LogP contribution in [-0.2, 0) is 6.54 Å². The summed E-state index contributed by atoms with van der Waals surface area (Å²) >= 11 is 0. The minimum absolute atomic E-state index is 0.313. The topological polar surface area (TPSA) is 51.0 Å². The van der Waals surface area contributed by atoms with E-state index in [9.17, 15) is 0 Å². The summed E-state index contributed by atoms with van der Waals surface area (Å²) in [6.07, 6.45) is 1.08. The third kappa shape index (κ3) is 4.17. The van der Waals surface area contributed by atoms with Gasteiger partial charge < -0.3 is 9.84 Å². The van der Waals surface area contributed by atoms with Crippen LogP contribution in [0.2, 0.25) is 0 Å². The number of hydrogen-bond acceptors (Lipinski definition) is 4. The summed E-state index contributed by atoms with van der Waals surface area (Å²) in [4.78, 5) is 4.22. The number of benzene rings is 1. The van der Waals surface area contributed by atoms with Crippen molar-refractivity contribution in [3.63, 3.8) is 0 Å². The lowest BCUT2D eigenvalue weighted by Crippen LogP contribution is -2.22. The third-order valence-corrected chi connectivity index (χ3v) is 2.98. The predicted molar refractivity (Wildman–Crippen MR) is 74.5 cm³/mol. The summed E-state index contributed by atoms with van der Waals surface area (Å²) in [5, 5.41) is 7.30. The first kappa shape index (κ1) is 13.7. The van der Waals surface area contributed by atoms with E-state index >= 15 is 0 Å². The van der Waals surface area contributed by atoms with Crippen LogP contribution in [0.4, 0.5) is 0 Å². The molecule has 19 heavy (non-hydrogen) atoms. The number of rotatable bonds is 6. The number of nitrogens with one attached hydrogen (secondary N) is 1. The number of nitrogens with zero attached hydrogens (tertiary/aromatic N) is 2. The molecule has 1 atom stereocenters. The second-order valence-corrected chi connectivity index (χ2v) is 5.21. The van der Waals surface area contributed by atoms with Gasteiger partial charge in [-0.05, 0) is 24.8 Å². The molecule has 1 heterocycles. The molecule has 2 aromatic rings. The molecule has 0 aliphatic heterocycles. The standard InChI is InChI=1S/C15H21N3O/c1-11(2)9-14(13-7-5-4-6-8-13)16-10-15-17-12(3)18-19-15/h4-8,11,14,16H,9-10H2,1-3H3. The molecule has 1 aromatic heterocycles. The van der Waals surface area contributed by atoms with Crippen LogP contribution < -0.4 is 5.32 Å². The molecule has 0 fully saturated rings. The van der Waals surface area contributed by atoms with Gasteiger partial charge in [0.1, 0.15) is 0 Å².